The summed E-state index contributed by atoms with van der Waals surface area (Å²) in [7, 11) is 1.42. The molecule has 4 heteroatoms. The van der Waals surface area contributed by atoms with E-state index in [1.807, 2.05) is 36.9 Å². The Bertz CT molecular complexity index is 499. The van der Waals surface area contributed by atoms with Crippen LogP contribution in [-0.2, 0) is 4.74 Å². The van der Waals surface area contributed by atoms with Gasteiger partial charge < -0.3 is 10.1 Å². The number of ether oxygens (including phenoxy) is 1. The summed E-state index contributed by atoms with van der Waals surface area (Å²) in [5.74, 6) is 2.00. The van der Waals surface area contributed by atoms with E-state index >= 15 is 0 Å². The van der Waals surface area contributed by atoms with Crippen LogP contribution in [0.2, 0.25) is 0 Å². The smallest absolute Gasteiger partial charge is 0.339 e. The number of esters is 1. The molecule has 20 heavy (non-hydrogen) atoms. The molecule has 1 fully saturated rings. The molecule has 0 bridgehead atoms. The second-order valence-corrected chi connectivity index (χ2v) is 7.30. The average molecular weight is 293 g/mol. The molecule has 1 saturated heterocycles. The van der Waals surface area contributed by atoms with Crippen LogP contribution in [-0.4, -0.2) is 30.6 Å². The minimum absolute atomic E-state index is 0.279. The first-order chi connectivity index (χ1) is 9.41. The molecule has 0 spiro atoms. The summed E-state index contributed by atoms with van der Waals surface area (Å²) >= 11 is 1.97. The first-order valence-corrected chi connectivity index (χ1v) is 8.10. The topological polar surface area (TPSA) is 38.3 Å². The number of carbonyl (C=O) groups is 1. The lowest BCUT2D eigenvalue weighted by Gasteiger charge is -2.35. The lowest BCUT2D eigenvalue weighted by Crippen LogP contribution is -2.35. The van der Waals surface area contributed by atoms with Gasteiger partial charge in [0.25, 0.3) is 0 Å². The molecule has 0 saturated carbocycles. The number of hydrogen-bond donors (Lipinski definition) is 1. The van der Waals surface area contributed by atoms with E-state index in [-0.39, 0.29) is 5.97 Å². The van der Waals surface area contributed by atoms with Crippen molar-refractivity contribution in [2.45, 2.75) is 33.2 Å². The van der Waals surface area contributed by atoms with Crippen LogP contribution >= 0.6 is 11.8 Å². The Balaban J connectivity index is 2.18. The van der Waals surface area contributed by atoms with Crippen molar-refractivity contribution in [1.29, 1.82) is 0 Å². The quantitative estimate of drug-likeness (QED) is 0.862. The molecule has 1 N–H and O–H groups in total. The Kier molecular flexibility index (Phi) is 4.63. The highest BCUT2D eigenvalue weighted by Gasteiger charge is 2.29. The van der Waals surface area contributed by atoms with Gasteiger partial charge in [0.05, 0.1) is 12.7 Å². The second kappa shape index (κ2) is 6.08. The van der Waals surface area contributed by atoms with Crippen molar-refractivity contribution in [2.75, 3.05) is 23.9 Å². The van der Waals surface area contributed by atoms with Crippen LogP contribution in [0, 0.1) is 12.3 Å². The minimum Gasteiger partial charge on any atom is -0.465 e. The molecule has 3 nitrogen and oxygen atoms in total. The third-order valence-corrected chi connectivity index (χ3v) is 5.17. The molecule has 1 aromatic carbocycles. The normalized spacial score (nSPS) is 21.3. The fourth-order valence-electron chi connectivity index (χ4n) is 2.64. The molecule has 1 aliphatic heterocycles. The van der Waals surface area contributed by atoms with Gasteiger partial charge in [-0.15, -0.1) is 0 Å². The van der Waals surface area contributed by atoms with Gasteiger partial charge in [0.1, 0.15) is 0 Å². The summed E-state index contributed by atoms with van der Waals surface area (Å²) in [5, 5.41) is 3.53. The predicted molar refractivity (Wildman–Crippen MR) is 85.7 cm³/mol. The largest absolute Gasteiger partial charge is 0.465 e. The van der Waals surface area contributed by atoms with Crippen molar-refractivity contribution in [3.8, 4) is 0 Å². The van der Waals surface area contributed by atoms with Gasteiger partial charge in [-0.1, -0.05) is 25.5 Å². The van der Waals surface area contributed by atoms with E-state index in [2.05, 4.69) is 19.2 Å². The predicted octanol–water partition coefficient (Wildman–Crippen LogP) is 3.73. The van der Waals surface area contributed by atoms with Crippen LogP contribution < -0.4 is 5.32 Å². The zero-order chi connectivity index (χ0) is 14.8. The standard InChI is InChI=1S/C16H23NO2S/c1-11-5-6-14(13(7-11)15(18)19-4)17-12-8-16(2,3)10-20-9-12/h5-7,12,17H,8-10H2,1-4H3. The van der Waals surface area contributed by atoms with Crippen LogP contribution in [0.25, 0.3) is 0 Å². The van der Waals surface area contributed by atoms with E-state index < -0.39 is 0 Å². The Morgan fingerprint density at radius 1 is 1.45 bits per heavy atom. The summed E-state index contributed by atoms with van der Waals surface area (Å²) in [6.07, 6.45) is 1.12. The summed E-state index contributed by atoms with van der Waals surface area (Å²) in [4.78, 5) is 11.9. The Hall–Kier alpha value is -1.16. The number of aryl methyl sites for hydroxylation is 1. The molecule has 0 aliphatic carbocycles. The average Bonchev–Trinajstić information content (AvgIpc) is 2.39. The molecule has 0 radical (unpaired) electrons. The van der Waals surface area contributed by atoms with E-state index in [1.165, 1.54) is 12.9 Å². The van der Waals surface area contributed by atoms with Gasteiger partial charge in [-0.3, -0.25) is 0 Å². The lowest BCUT2D eigenvalue weighted by atomic mass is 9.87. The summed E-state index contributed by atoms with van der Waals surface area (Å²) in [6.45, 7) is 6.57. The maximum absolute atomic E-state index is 11.9. The third-order valence-electron chi connectivity index (χ3n) is 3.55. The zero-order valence-electron chi connectivity index (χ0n) is 12.7. The molecule has 1 heterocycles. The molecule has 110 valence electrons. The van der Waals surface area contributed by atoms with E-state index in [0.29, 0.717) is 17.0 Å². The van der Waals surface area contributed by atoms with Gasteiger partial charge in [0.15, 0.2) is 0 Å². The van der Waals surface area contributed by atoms with Crippen LogP contribution in [0.4, 0.5) is 5.69 Å². The number of thioether (sulfide) groups is 1. The van der Waals surface area contributed by atoms with Gasteiger partial charge in [0.2, 0.25) is 0 Å². The van der Waals surface area contributed by atoms with Crippen molar-refractivity contribution in [3.63, 3.8) is 0 Å². The number of hydrogen-bond acceptors (Lipinski definition) is 4. The third kappa shape index (κ3) is 3.69. The Labute approximate surface area is 125 Å². The maximum Gasteiger partial charge on any atom is 0.339 e. The first kappa shape index (κ1) is 15.2. The van der Waals surface area contributed by atoms with Crippen LogP contribution in [0.3, 0.4) is 0 Å². The van der Waals surface area contributed by atoms with Gasteiger partial charge in [0, 0.05) is 17.5 Å². The fourth-order valence-corrected chi connectivity index (χ4v) is 3.91. The van der Waals surface area contributed by atoms with Crippen molar-refractivity contribution in [3.05, 3.63) is 29.3 Å². The molecule has 1 aromatic rings. The number of anilines is 1. The van der Waals surface area contributed by atoms with Gasteiger partial charge in [-0.05, 0) is 36.6 Å². The summed E-state index contributed by atoms with van der Waals surface area (Å²) < 4.78 is 4.88. The van der Waals surface area contributed by atoms with Crippen molar-refractivity contribution in [1.82, 2.24) is 0 Å². The van der Waals surface area contributed by atoms with E-state index in [1.54, 1.807) is 0 Å². The molecule has 0 aromatic heterocycles. The van der Waals surface area contributed by atoms with Gasteiger partial charge in [-0.25, -0.2) is 4.79 Å². The number of rotatable bonds is 3. The highest BCUT2D eigenvalue weighted by atomic mass is 32.2. The number of carbonyl (C=O) groups excluding carboxylic acids is 1. The van der Waals surface area contributed by atoms with Crippen molar-refractivity contribution < 1.29 is 9.53 Å². The fraction of sp³-hybridized carbons (Fsp3) is 0.562. The second-order valence-electron chi connectivity index (χ2n) is 6.27. The van der Waals surface area contributed by atoms with Crippen LogP contribution in [0.15, 0.2) is 18.2 Å². The minimum atomic E-state index is -0.279. The van der Waals surface area contributed by atoms with Crippen molar-refractivity contribution in [2.24, 2.45) is 5.41 Å². The number of benzene rings is 1. The molecular formula is C16H23NO2S. The molecular weight excluding hydrogens is 270 g/mol. The molecule has 1 atom stereocenters. The molecule has 0 amide bonds. The summed E-state index contributed by atoms with van der Waals surface area (Å²) in [6, 6.07) is 6.29. The van der Waals surface area contributed by atoms with E-state index in [0.717, 1.165) is 23.4 Å². The van der Waals surface area contributed by atoms with E-state index in [9.17, 15) is 4.79 Å². The number of nitrogens with one attached hydrogen (secondary N) is 1. The van der Waals surface area contributed by atoms with Crippen LogP contribution in [0.5, 0.6) is 0 Å². The lowest BCUT2D eigenvalue weighted by molar-refractivity contribution is 0.0601. The SMILES string of the molecule is COC(=O)c1cc(C)ccc1NC1CSCC(C)(C)C1. The number of methoxy groups -OCH3 is 1. The molecule has 1 aliphatic rings. The Morgan fingerprint density at radius 3 is 2.85 bits per heavy atom. The van der Waals surface area contributed by atoms with Crippen LogP contribution in [0.1, 0.15) is 36.2 Å². The maximum atomic E-state index is 11.9. The summed E-state index contributed by atoms with van der Waals surface area (Å²) in [5.41, 5.74) is 2.91. The molecule has 2 rings (SSSR count). The Morgan fingerprint density at radius 2 is 2.20 bits per heavy atom. The van der Waals surface area contributed by atoms with Crippen molar-refractivity contribution >= 4 is 23.4 Å². The van der Waals surface area contributed by atoms with Gasteiger partial charge >= 0.3 is 5.97 Å². The zero-order valence-corrected chi connectivity index (χ0v) is 13.5. The van der Waals surface area contributed by atoms with E-state index in [4.69, 9.17) is 4.74 Å². The van der Waals surface area contributed by atoms with Gasteiger partial charge in [-0.2, -0.15) is 11.8 Å². The first-order valence-electron chi connectivity index (χ1n) is 6.94. The molecule has 1 unspecified atom stereocenters. The highest BCUT2D eigenvalue weighted by Crippen LogP contribution is 2.35. The monoisotopic (exact) mass is 293 g/mol. The highest BCUT2D eigenvalue weighted by molar-refractivity contribution is 7.99.